The number of aryl methyl sites for hydroxylation is 2. The molecule has 0 aliphatic carbocycles. The second-order valence-electron chi connectivity index (χ2n) is 9.69. The molecule has 0 unspecified atom stereocenters. The summed E-state index contributed by atoms with van der Waals surface area (Å²) in [4.78, 5) is 40.1. The molecule has 0 atom stereocenters. The molecule has 1 amide bonds. The van der Waals surface area contributed by atoms with E-state index < -0.39 is 4.92 Å². The van der Waals surface area contributed by atoms with Gasteiger partial charge in [-0.05, 0) is 39.1 Å². The summed E-state index contributed by atoms with van der Waals surface area (Å²) >= 11 is 0. The van der Waals surface area contributed by atoms with Crippen LogP contribution in [0, 0.1) is 24.0 Å². The quantitative estimate of drug-likeness (QED) is 0.384. The summed E-state index contributed by atoms with van der Waals surface area (Å²) in [5.74, 6) is 1.48. The molecular formula is C27H30N6O4. The maximum Gasteiger partial charge on any atom is 0.273 e. The number of carbonyl (C=O) groups is 1. The average molecular weight is 503 g/mol. The molecule has 10 nitrogen and oxygen atoms in total. The Morgan fingerprint density at radius 3 is 2.43 bits per heavy atom. The van der Waals surface area contributed by atoms with Gasteiger partial charge in [0.2, 0.25) is 11.8 Å². The second-order valence-corrected chi connectivity index (χ2v) is 9.69. The molecule has 37 heavy (non-hydrogen) atoms. The summed E-state index contributed by atoms with van der Waals surface area (Å²) in [6, 6.07) is 12.4. The molecule has 0 saturated carbocycles. The molecule has 0 bridgehead atoms. The van der Waals surface area contributed by atoms with Crippen molar-refractivity contribution in [3.8, 4) is 11.6 Å². The number of aromatic nitrogens is 2. The maximum atomic E-state index is 13.4. The lowest BCUT2D eigenvalue weighted by atomic mass is 10.0. The van der Waals surface area contributed by atoms with E-state index in [0.717, 1.165) is 43.0 Å². The minimum atomic E-state index is -0.459. The van der Waals surface area contributed by atoms with E-state index in [0.29, 0.717) is 36.1 Å². The first-order chi connectivity index (χ1) is 17.8. The Bertz CT molecular complexity index is 1340. The van der Waals surface area contributed by atoms with Crippen LogP contribution in [0.2, 0.25) is 0 Å². The topological polar surface area (TPSA) is 105 Å². The van der Waals surface area contributed by atoms with Crippen molar-refractivity contribution in [3.63, 3.8) is 0 Å². The zero-order valence-electron chi connectivity index (χ0n) is 21.3. The lowest BCUT2D eigenvalue weighted by Gasteiger charge is -2.34. The van der Waals surface area contributed by atoms with Gasteiger partial charge in [-0.1, -0.05) is 23.8 Å². The summed E-state index contributed by atoms with van der Waals surface area (Å²) in [6.45, 7) is 7.91. The number of nitro groups is 1. The van der Waals surface area contributed by atoms with Crippen molar-refractivity contribution < 1.29 is 14.5 Å². The number of amides is 1. The molecule has 3 heterocycles. The van der Waals surface area contributed by atoms with E-state index in [9.17, 15) is 14.9 Å². The lowest BCUT2D eigenvalue weighted by molar-refractivity contribution is -0.385. The Hall–Kier alpha value is -4.05. The molecule has 1 aromatic heterocycles. The smallest absolute Gasteiger partial charge is 0.273 e. The number of likely N-dealkylation sites (N-methyl/N-ethyl adjacent to an activating group) is 1. The van der Waals surface area contributed by atoms with Crippen LogP contribution in [0.1, 0.15) is 32.7 Å². The maximum absolute atomic E-state index is 13.4. The van der Waals surface area contributed by atoms with Gasteiger partial charge in [0.1, 0.15) is 5.75 Å². The van der Waals surface area contributed by atoms with E-state index in [2.05, 4.69) is 16.8 Å². The first-order valence-corrected chi connectivity index (χ1v) is 12.4. The van der Waals surface area contributed by atoms with Crippen LogP contribution in [0.3, 0.4) is 0 Å². The van der Waals surface area contributed by atoms with E-state index in [-0.39, 0.29) is 23.7 Å². The molecule has 1 saturated heterocycles. The predicted molar refractivity (Wildman–Crippen MR) is 139 cm³/mol. The zero-order chi connectivity index (χ0) is 26.1. The number of hydrogen-bond acceptors (Lipinski definition) is 8. The number of anilines is 1. The van der Waals surface area contributed by atoms with Crippen molar-refractivity contribution in [2.24, 2.45) is 0 Å². The molecule has 5 rings (SSSR count). The fourth-order valence-corrected chi connectivity index (χ4v) is 4.62. The normalized spacial score (nSPS) is 15.9. The van der Waals surface area contributed by atoms with Crippen LogP contribution in [0.15, 0.2) is 42.5 Å². The number of nitrogens with zero attached hydrogens (tertiary/aromatic N) is 6. The molecule has 3 aromatic rings. The highest BCUT2D eigenvalue weighted by Crippen LogP contribution is 2.32. The number of carbonyl (C=O) groups excluding carboxylic acids is 1. The largest absolute Gasteiger partial charge is 0.438 e. The molecule has 10 heteroatoms. The van der Waals surface area contributed by atoms with Crippen LogP contribution in [0.25, 0.3) is 0 Å². The van der Waals surface area contributed by atoms with Crippen LogP contribution < -0.4 is 9.64 Å². The van der Waals surface area contributed by atoms with Crippen LogP contribution >= 0.6 is 0 Å². The zero-order valence-corrected chi connectivity index (χ0v) is 21.3. The summed E-state index contributed by atoms with van der Waals surface area (Å²) in [5.41, 5.74) is 3.50. The van der Waals surface area contributed by atoms with Gasteiger partial charge in [0.25, 0.3) is 11.6 Å². The number of piperazine rings is 1. The van der Waals surface area contributed by atoms with Gasteiger partial charge in [0.05, 0.1) is 22.7 Å². The molecule has 2 aromatic carbocycles. The van der Waals surface area contributed by atoms with Crippen LogP contribution in [-0.2, 0) is 13.0 Å². The molecule has 2 aliphatic rings. The fourth-order valence-electron chi connectivity index (χ4n) is 4.62. The molecule has 192 valence electrons. The van der Waals surface area contributed by atoms with Crippen molar-refractivity contribution in [3.05, 3.63) is 80.5 Å². The van der Waals surface area contributed by atoms with Crippen molar-refractivity contribution >= 4 is 17.5 Å². The first-order valence-electron chi connectivity index (χ1n) is 12.4. The minimum Gasteiger partial charge on any atom is -0.438 e. The number of ether oxygens (including phenoxy) is 1. The van der Waals surface area contributed by atoms with Gasteiger partial charge in [0.15, 0.2) is 0 Å². The number of benzene rings is 2. The highest BCUT2D eigenvalue weighted by Gasteiger charge is 2.29. The summed E-state index contributed by atoms with van der Waals surface area (Å²) in [5, 5.41) is 11.4. The van der Waals surface area contributed by atoms with Gasteiger partial charge in [-0.25, -0.2) is 4.98 Å². The average Bonchev–Trinajstić information content (AvgIpc) is 2.90. The van der Waals surface area contributed by atoms with E-state index in [1.165, 1.54) is 6.07 Å². The highest BCUT2D eigenvalue weighted by molar-refractivity contribution is 5.95. The summed E-state index contributed by atoms with van der Waals surface area (Å²) in [6.07, 6.45) is 0.544. The summed E-state index contributed by atoms with van der Waals surface area (Å²) < 4.78 is 6.27. The van der Waals surface area contributed by atoms with Crippen molar-refractivity contribution in [1.29, 1.82) is 0 Å². The van der Waals surface area contributed by atoms with E-state index in [1.54, 1.807) is 24.0 Å². The van der Waals surface area contributed by atoms with Crippen molar-refractivity contribution in [2.45, 2.75) is 26.8 Å². The number of hydrogen-bond donors (Lipinski definition) is 0. The van der Waals surface area contributed by atoms with Gasteiger partial charge in [-0.3, -0.25) is 14.9 Å². The number of rotatable bonds is 5. The Labute approximate surface area is 215 Å². The monoisotopic (exact) mass is 502 g/mol. The van der Waals surface area contributed by atoms with E-state index in [4.69, 9.17) is 14.7 Å². The Morgan fingerprint density at radius 2 is 1.73 bits per heavy atom. The third-order valence-corrected chi connectivity index (χ3v) is 6.97. The molecule has 2 aliphatic heterocycles. The molecule has 0 spiro atoms. The van der Waals surface area contributed by atoms with Gasteiger partial charge in [-0.2, -0.15) is 4.98 Å². The predicted octanol–water partition coefficient (Wildman–Crippen LogP) is 3.74. The SMILES string of the molecule is Cc1ccc(Oc2nc(N3CCN(C)CC3)nc3c2CN(C(=O)c2ccc(C)c([N+](=O)[O-])c2)CC3)cc1. The first kappa shape index (κ1) is 24.6. The van der Waals surface area contributed by atoms with Crippen LogP contribution in [0.4, 0.5) is 11.6 Å². The molecule has 0 radical (unpaired) electrons. The third kappa shape index (κ3) is 5.24. The fraction of sp³-hybridized carbons (Fsp3) is 0.370. The minimum absolute atomic E-state index is 0.0631. The van der Waals surface area contributed by atoms with Gasteiger partial charge >= 0.3 is 0 Å². The van der Waals surface area contributed by atoms with Gasteiger partial charge in [0, 0.05) is 56.3 Å². The van der Waals surface area contributed by atoms with Crippen LogP contribution in [0.5, 0.6) is 11.6 Å². The Kier molecular flexibility index (Phi) is 6.75. The van der Waals surface area contributed by atoms with E-state index >= 15 is 0 Å². The molecule has 1 fully saturated rings. The van der Waals surface area contributed by atoms with E-state index in [1.807, 2.05) is 31.2 Å². The second kappa shape index (κ2) is 10.1. The number of nitro benzene ring substituents is 1. The molecule has 0 N–H and O–H groups in total. The standard InChI is InChI=1S/C27H30N6O4/c1-18-4-8-21(9-5-18)37-25-22-17-32(26(34)20-7-6-19(2)24(16-20)33(35)36)11-10-23(22)28-27(29-25)31-14-12-30(3)13-15-31/h4-9,16H,10-15,17H2,1-3H3. The van der Waals surface area contributed by atoms with Gasteiger partial charge in [-0.15, -0.1) is 0 Å². The Balaban J connectivity index is 1.47. The van der Waals surface area contributed by atoms with Gasteiger partial charge < -0.3 is 19.4 Å². The third-order valence-electron chi connectivity index (χ3n) is 6.97. The Morgan fingerprint density at radius 1 is 1.00 bits per heavy atom. The number of fused-ring (bicyclic) bond motifs is 1. The van der Waals surface area contributed by atoms with Crippen molar-refractivity contribution in [2.75, 3.05) is 44.7 Å². The highest BCUT2D eigenvalue weighted by atomic mass is 16.6. The van der Waals surface area contributed by atoms with Crippen LogP contribution in [-0.4, -0.2) is 70.4 Å². The molecular weight excluding hydrogens is 472 g/mol. The lowest BCUT2D eigenvalue weighted by Crippen LogP contribution is -2.45. The van der Waals surface area contributed by atoms with Crippen molar-refractivity contribution in [1.82, 2.24) is 19.8 Å². The summed E-state index contributed by atoms with van der Waals surface area (Å²) in [7, 11) is 2.10.